The van der Waals surface area contributed by atoms with Crippen molar-refractivity contribution < 1.29 is 4.74 Å². The molecular weight excluding hydrogens is 294 g/mol. The Kier molecular flexibility index (Phi) is 4.96. The Hall–Kier alpha value is -1.64. The Labute approximate surface area is 145 Å². The molecule has 2 nitrogen and oxygen atoms in total. The summed E-state index contributed by atoms with van der Waals surface area (Å²) in [6, 6.07) is 19.8. The standard InChI is InChI=1S/C22H27NO/c1-2-6-18(7-3-1)19-10-14-23(15-11-19)16-12-22-21-9-5-4-8-20(21)13-17-24-22/h1-9,19,22H,10-17H2. The average Bonchev–Trinajstić information content (AvgIpc) is 2.67. The maximum absolute atomic E-state index is 6.06. The Morgan fingerprint density at radius 2 is 1.67 bits per heavy atom. The van der Waals surface area contributed by atoms with Crippen molar-refractivity contribution in [2.45, 2.75) is 37.7 Å². The number of nitrogens with zero attached hydrogens (tertiary/aromatic N) is 1. The minimum Gasteiger partial charge on any atom is -0.373 e. The van der Waals surface area contributed by atoms with Crippen LogP contribution in [0.3, 0.4) is 0 Å². The smallest absolute Gasteiger partial charge is 0.0839 e. The summed E-state index contributed by atoms with van der Waals surface area (Å²) in [6.45, 7) is 4.46. The zero-order valence-electron chi connectivity index (χ0n) is 14.4. The lowest BCUT2D eigenvalue weighted by molar-refractivity contribution is 0.0275. The molecule has 1 fully saturated rings. The Morgan fingerprint density at radius 1 is 0.917 bits per heavy atom. The van der Waals surface area contributed by atoms with E-state index in [1.54, 1.807) is 0 Å². The summed E-state index contributed by atoms with van der Waals surface area (Å²) in [7, 11) is 0. The van der Waals surface area contributed by atoms with Crippen LogP contribution < -0.4 is 0 Å². The van der Waals surface area contributed by atoms with Gasteiger partial charge >= 0.3 is 0 Å². The quantitative estimate of drug-likeness (QED) is 0.818. The lowest BCUT2D eigenvalue weighted by atomic mass is 9.89. The molecule has 0 aromatic heterocycles. The molecule has 0 N–H and O–H groups in total. The van der Waals surface area contributed by atoms with Gasteiger partial charge in [0.15, 0.2) is 0 Å². The second kappa shape index (κ2) is 7.50. The molecule has 1 saturated heterocycles. The summed E-state index contributed by atoms with van der Waals surface area (Å²) in [5.41, 5.74) is 4.42. The lowest BCUT2D eigenvalue weighted by Crippen LogP contribution is -2.34. The summed E-state index contributed by atoms with van der Waals surface area (Å²) in [4.78, 5) is 2.63. The minimum absolute atomic E-state index is 0.293. The van der Waals surface area contributed by atoms with Crippen molar-refractivity contribution in [3.63, 3.8) is 0 Å². The van der Waals surface area contributed by atoms with Crippen LogP contribution in [0.4, 0.5) is 0 Å². The minimum atomic E-state index is 0.293. The molecule has 2 aromatic rings. The summed E-state index contributed by atoms with van der Waals surface area (Å²) in [5, 5.41) is 0. The lowest BCUT2D eigenvalue weighted by Gasteiger charge is -2.34. The molecule has 0 aliphatic carbocycles. The van der Waals surface area contributed by atoms with E-state index in [0.29, 0.717) is 6.10 Å². The van der Waals surface area contributed by atoms with Gasteiger partial charge in [-0.25, -0.2) is 0 Å². The van der Waals surface area contributed by atoms with Crippen molar-refractivity contribution in [1.29, 1.82) is 0 Å². The van der Waals surface area contributed by atoms with Crippen molar-refractivity contribution in [1.82, 2.24) is 4.90 Å². The number of ether oxygens (including phenoxy) is 1. The first-order valence-corrected chi connectivity index (χ1v) is 9.37. The summed E-state index contributed by atoms with van der Waals surface area (Å²) >= 11 is 0. The number of benzene rings is 2. The highest BCUT2D eigenvalue weighted by molar-refractivity contribution is 5.30. The largest absolute Gasteiger partial charge is 0.373 e. The average molecular weight is 321 g/mol. The van der Waals surface area contributed by atoms with Crippen LogP contribution >= 0.6 is 0 Å². The van der Waals surface area contributed by atoms with E-state index in [1.807, 2.05) is 0 Å². The van der Waals surface area contributed by atoms with Crippen LogP contribution in [0.1, 0.15) is 48.0 Å². The molecule has 2 heterocycles. The van der Waals surface area contributed by atoms with E-state index >= 15 is 0 Å². The topological polar surface area (TPSA) is 12.5 Å². The number of piperidine rings is 1. The van der Waals surface area contributed by atoms with E-state index in [-0.39, 0.29) is 0 Å². The van der Waals surface area contributed by atoms with E-state index in [2.05, 4.69) is 59.5 Å². The van der Waals surface area contributed by atoms with Crippen LogP contribution in [0.2, 0.25) is 0 Å². The Balaban J connectivity index is 1.29. The van der Waals surface area contributed by atoms with Gasteiger partial charge in [-0.05, 0) is 61.4 Å². The van der Waals surface area contributed by atoms with Crippen LogP contribution in [0.25, 0.3) is 0 Å². The molecule has 1 unspecified atom stereocenters. The third-order valence-electron chi connectivity index (χ3n) is 5.66. The Morgan fingerprint density at radius 3 is 2.50 bits per heavy atom. The third kappa shape index (κ3) is 3.55. The second-order valence-corrected chi connectivity index (χ2v) is 7.12. The fraction of sp³-hybridized carbons (Fsp3) is 0.455. The van der Waals surface area contributed by atoms with Crippen molar-refractivity contribution in [2.75, 3.05) is 26.2 Å². The van der Waals surface area contributed by atoms with Gasteiger partial charge in [-0.1, -0.05) is 54.6 Å². The highest BCUT2D eigenvalue weighted by Crippen LogP contribution is 2.31. The number of hydrogen-bond acceptors (Lipinski definition) is 2. The van der Waals surface area contributed by atoms with E-state index < -0.39 is 0 Å². The van der Waals surface area contributed by atoms with Crippen molar-refractivity contribution in [2.24, 2.45) is 0 Å². The molecule has 4 rings (SSSR count). The van der Waals surface area contributed by atoms with Crippen LogP contribution in [-0.4, -0.2) is 31.1 Å². The molecule has 2 aliphatic heterocycles. The highest BCUT2D eigenvalue weighted by atomic mass is 16.5. The van der Waals surface area contributed by atoms with Crippen molar-refractivity contribution in [3.05, 3.63) is 71.3 Å². The van der Waals surface area contributed by atoms with Gasteiger partial charge in [0, 0.05) is 6.54 Å². The molecule has 0 saturated carbocycles. The fourth-order valence-electron chi connectivity index (χ4n) is 4.23. The zero-order chi connectivity index (χ0) is 16.2. The second-order valence-electron chi connectivity index (χ2n) is 7.12. The summed E-state index contributed by atoms with van der Waals surface area (Å²) in [5.74, 6) is 0.745. The zero-order valence-corrected chi connectivity index (χ0v) is 14.4. The van der Waals surface area contributed by atoms with Gasteiger partial charge in [0.1, 0.15) is 0 Å². The molecule has 1 atom stereocenters. The SMILES string of the molecule is c1ccc(C2CCN(CCC3OCCc4ccccc43)CC2)cc1. The first-order valence-electron chi connectivity index (χ1n) is 9.37. The monoisotopic (exact) mass is 321 g/mol. The van der Waals surface area contributed by atoms with Crippen LogP contribution in [0.15, 0.2) is 54.6 Å². The van der Waals surface area contributed by atoms with Crippen LogP contribution in [0, 0.1) is 0 Å². The van der Waals surface area contributed by atoms with E-state index in [1.165, 1.54) is 42.6 Å². The molecular formula is C22H27NO. The fourth-order valence-corrected chi connectivity index (χ4v) is 4.23. The molecule has 0 spiro atoms. The predicted molar refractivity (Wildman–Crippen MR) is 98.3 cm³/mol. The predicted octanol–water partition coefficient (Wildman–Crippen LogP) is 4.57. The van der Waals surface area contributed by atoms with Crippen LogP contribution in [0.5, 0.6) is 0 Å². The van der Waals surface area contributed by atoms with Gasteiger partial charge in [-0.2, -0.15) is 0 Å². The number of fused-ring (bicyclic) bond motifs is 1. The molecule has 2 aromatic carbocycles. The first kappa shape index (κ1) is 15.9. The maximum Gasteiger partial charge on any atom is 0.0839 e. The Bertz CT molecular complexity index is 646. The van der Waals surface area contributed by atoms with E-state index in [0.717, 1.165) is 31.9 Å². The first-order chi connectivity index (χ1) is 11.9. The molecule has 0 bridgehead atoms. The molecule has 0 radical (unpaired) electrons. The van der Waals surface area contributed by atoms with Gasteiger partial charge in [-0.15, -0.1) is 0 Å². The van der Waals surface area contributed by atoms with E-state index in [4.69, 9.17) is 4.74 Å². The number of hydrogen-bond donors (Lipinski definition) is 0. The normalized spacial score (nSPS) is 22.2. The molecule has 2 heteroatoms. The van der Waals surface area contributed by atoms with Gasteiger partial charge < -0.3 is 9.64 Å². The molecule has 24 heavy (non-hydrogen) atoms. The molecule has 0 amide bonds. The van der Waals surface area contributed by atoms with Gasteiger partial charge in [0.05, 0.1) is 12.7 Å². The summed E-state index contributed by atoms with van der Waals surface area (Å²) < 4.78 is 6.06. The van der Waals surface area contributed by atoms with Crippen molar-refractivity contribution >= 4 is 0 Å². The number of likely N-dealkylation sites (tertiary alicyclic amines) is 1. The van der Waals surface area contributed by atoms with Crippen molar-refractivity contribution in [3.8, 4) is 0 Å². The van der Waals surface area contributed by atoms with Crippen LogP contribution in [-0.2, 0) is 11.2 Å². The van der Waals surface area contributed by atoms with E-state index in [9.17, 15) is 0 Å². The van der Waals surface area contributed by atoms with Gasteiger partial charge in [0.25, 0.3) is 0 Å². The van der Waals surface area contributed by atoms with Gasteiger partial charge in [0.2, 0.25) is 0 Å². The molecule has 126 valence electrons. The maximum atomic E-state index is 6.06. The highest BCUT2D eigenvalue weighted by Gasteiger charge is 2.24. The molecule has 2 aliphatic rings. The van der Waals surface area contributed by atoms with Gasteiger partial charge in [-0.3, -0.25) is 0 Å². The number of rotatable bonds is 4. The summed E-state index contributed by atoms with van der Waals surface area (Å²) in [6.07, 6.45) is 5.04. The third-order valence-corrected chi connectivity index (χ3v) is 5.66.